The van der Waals surface area contributed by atoms with E-state index < -0.39 is 12.0 Å². The number of halogens is 2. The Bertz CT molecular complexity index is 141. The Labute approximate surface area is 64.8 Å². The van der Waals surface area contributed by atoms with Crippen LogP contribution in [-0.2, 0) is 0 Å². The van der Waals surface area contributed by atoms with Crippen LogP contribution < -0.4 is 0 Å². The smallest absolute Gasteiger partial charge is 0.268 e. The van der Waals surface area contributed by atoms with Gasteiger partial charge in [0, 0.05) is 12.6 Å². The summed E-state index contributed by atoms with van der Waals surface area (Å²) in [4.78, 5) is 1.74. The summed E-state index contributed by atoms with van der Waals surface area (Å²) in [5, 5.41) is 9.32. The van der Waals surface area contributed by atoms with Crippen molar-refractivity contribution in [2.75, 3.05) is 13.6 Å². The Hall–Kier alpha value is -0.220. The lowest BCUT2D eigenvalue weighted by atomic mass is 10.0. The summed E-state index contributed by atoms with van der Waals surface area (Å²) >= 11 is 0. The largest absolute Gasteiger partial charge is 0.383 e. The molecule has 1 aliphatic rings. The lowest BCUT2D eigenvalue weighted by Crippen LogP contribution is -2.39. The van der Waals surface area contributed by atoms with E-state index >= 15 is 0 Å². The molecule has 1 aliphatic heterocycles. The molecule has 2 unspecified atom stereocenters. The van der Waals surface area contributed by atoms with Gasteiger partial charge in [-0.25, -0.2) is 8.78 Å². The maximum atomic E-state index is 12.2. The van der Waals surface area contributed by atoms with Crippen LogP contribution >= 0.6 is 0 Å². The summed E-state index contributed by atoms with van der Waals surface area (Å²) < 4.78 is 24.4. The lowest BCUT2D eigenvalue weighted by Gasteiger charge is -2.20. The van der Waals surface area contributed by atoms with Crippen molar-refractivity contribution in [3.8, 4) is 0 Å². The summed E-state index contributed by atoms with van der Waals surface area (Å²) in [5.74, 6) is 0. The molecule has 66 valence electrons. The summed E-state index contributed by atoms with van der Waals surface area (Å²) in [6, 6.07) is 0.0500. The van der Waals surface area contributed by atoms with Gasteiger partial charge in [0.15, 0.2) is 0 Å². The van der Waals surface area contributed by atoms with Crippen LogP contribution in [0.5, 0.6) is 0 Å². The second-order valence-electron chi connectivity index (χ2n) is 3.37. The fourth-order valence-electron chi connectivity index (χ4n) is 1.48. The number of alkyl halides is 2. The minimum atomic E-state index is -2.63. The number of hydrogen-bond acceptors (Lipinski definition) is 2. The molecule has 0 amide bonds. The van der Waals surface area contributed by atoms with Gasteiger partial charge in [0.2, 0.25) is 0 Å². The van der Waals surface area contributed by atoms with Gasteiger partial charge in [0.1, 0.15) is 5.60 Å². The number of rotatable bonds is 1. The molecule has 0 bridgehead atoms. The van der Waals surface area contributed by atoms with E-state index in [9.17, 15) is 13.9 Å². The van der Waals surface area contributed by atoms with Crippen molar-refractivity contribution in [3.63, 3.8) is 0 Å². The van der Waals surface area contributed by atoms with Crippen LogP contribution in [0, 0.1) is 0 Å². The monoisotopic (exact) mass is 165 g/mol. The van der Waals surface area contributed by atoms with Crippen molar-refractivity contribution < 1.29 is 13.9 Å². The van der Waals surface area contributed by atoms with Gasteiger partial charge in [0.25, 0.3) is 6.43 Å². The Morgan fingerprint density at radius 1 is 1.64 bits per heavy atom. The van der Waals surface area contributed by atoms with Crippen molar-refractivity contribution in [1.82, 2.24) is 4.90 Å². The van der Waals surface area contributed by atoms with Crippen molar-refractivity contribution >= 4 is 0 Å². The first kappa shape index (κ1) is 8.87. The van der Waals surface area contributed by atoms with Gasteiger partial charge in [0.05, 0.1) is 0 Å². The van der Waals surface area contributed by atoms with Crippen LogP contribution in [-0.4, -0.2) is 41.7 Å². The number of likely N-dealkylation sites (tertiary alicyclic amines) is 1. The summed E-state index contributed by atoms with van der Waals surface area (Å²) in [5.41, 5.74) is -1.77. The van der Waals surface area contributed by atoms with Gasteiger partial charge in [-0.1, -0.05) is 0 Å². The standard InChI is InChI=1S/C7H13F2NO/c1-5-3-7(11,6(8)9)4-10(5)2/h5-6,11H,3-4H2,1-2H3. The third-order valence-electron chi connectivity index (χ3n) is 2.33. The third kappa shape index (κ3) is 1.51. The number of likely N-dealkylation sites (N-methyl/N-ethyl adjacent to an activating group) is 1. The van der Waals surface area contributed by atoms with Crippen molar-refractivity contribution in [2.24, 2.45) is 0 Å². The molecule has 0 aromatic carbocycles. The van der Waals surface area contributed by atoms with E-state index in [0.717, 1.165) is 0 Å². The Morgan fingerprint density at radius 3 is 2.36 bits per heavy atom. The quantitative estimate of drug-likeness (QED) is 0.618. The summed E-state index contributed by atoms with van der Waals surface area (Å²) in [7, 11) is 1.74. The van der Waals surface area contributed by atoms with Crippen LogP contribution in [0.2, 0.25) is 0 Å². The average Bonchev–Trinajstić information content (AvgIpc) is 2.09. The first-order valence-electron chi connectivity index (χ1n) is 3.66. The van der Waals surface area contributed by atoms with Crippen LogP contribution in [0.3, 0.4) is 0 Å². The predicted octanol–water partition coefficient (Wildman–Crippen LogP) is 0.707. The summed E-state index contributed by atoms with van der Waals surface area (Å²) in [6.45, 7) is 1.91. The van der Waals surface area contributed by atoms with Gasteiger partial charge in [-0.2, -0.15) is 0 Å². The molecule has 0 aromatic heterocycles. The Kier molecular flexibility index (Phi) is 2.16. The highest BCUT2D eigenvalue weighted by Gasteiger charge is 2.46. The van der Waals surface area contributed by atoms with Crippen LogP contribution in [0.15, 0.2) is 0 Å². The zero-order valence-electron chi connectivity index (χ0n) is 6.72. The zero-order valence-corrected chi connectivity index (χ0v) is 6.72. The minimum absolute atomic E-state index is 0.0500. The van der Waals surface area contributed by atoms with Crippen LogP contribution in [0.4, 0.5) is 8.78 Å². The molecule has 1 saturated heterocycles. The Morgan fingerprint density at radius 2 is 2.18 bits per heavy atom. The second kappa shape index (κ2) is 2.68. The molecule has 0 spiro atoms. The molecule has 1 fully saturated rings. The summed E-state index contributed by atoms with van der Waals surface area (Å²) in [6.07, 6.45) is -2.46. The molecular weight excluding hydrogens is 152 g/mol. The van der Waals surface area contributed by atoms with Crippen LogP contribution in [0.1, 0.15) is 13.3 Å². The zero-order chi connectivity index (χ0) is 8.65. The second-order valence-corrected chi connectivity index (χ2v) is 3.37. The minimum Gasteiger partial charge on any atom is -0.383 e. The van der Waals surface area contributed by atoms with E-state index in [1.165, 1.54) is 0 Å². The highest BCUT2D eigenvalue weighted by Crippen LogP contribution is 2.30. The molecule has 4 heteroatoms. The normalized spacial score (nSPS) is 40.4. The van der Waals surface area contributed by atoms with E-state index in [4.69, 9.17) is 0 Å². The maximum absolute atomic E-state index is 12.2. The van der Waals surface area contributed by atoms with Gasteiger partial charge in [-0.3, -0.25) is 0 Å². The predicted molar refractivity (Wildman–Crippen MR) is 37.7 cm³/mol. The first-order valence-corrected chi connectivity index (χ1v) is 3.66. The molecule has 1 heterocycles. The molecular formula is C7H13F2NO. The first-order chi connectivity index (χ1) is 4.96. The van der Waals surface area contributed by atoms with Crippen molar-refractivity contribution in [2.45, 2.75) is 31.4 Å². The molecule has 1 rings (SSSR count). The molecule has 0 aromatic rings. The maximum Gasteiger partial charge on any atom is 0.268 e. The van der Waals surface area contributed by atoms with E-state index in [1.54, 1.807) is 11.9 Å². The average molecular weight is 165 g/mol. The number of hydrogen-bond donors (Lipinski definition) is 1. The number of β-amino-alcohol motifs (C(OH)–C–C–N with tert-alkyl or cyclic N) is 1. The number of nitrogens with zero attached hydrogens (tertiary/aromatic N) is 1. The lowest BCUT2D eigenvalue weighted by molar-refractivity contribution is -0.0864. The molecule has 0 radical (unpaired) electrons. The molecule has 0 aliphatic carbocycles. The molecule has 1 N–H and O–H groups in total. The van der Waals surface area contributed by atoms with Gasteiger partial charge < -0.3 is 10.0 Å². The molecule has 2 atom stereocenters. The van der Waals surface area contributed by atoms with E-state index in [1.807, 2.05) is 6.92 Å². The SMILES string of the molecule is CC1CC(O)(C(F)F)CN1C. The highest BCUT2D eigenvalue weighted by molar-refractivity contribution is 4.95. The molecule has 0 saturated carbocycles. The fraction of sp³-hybridized carbons (Fsp3) is 1.00. The fourth-order valence-corrected chi connectivity index (χ4v) is 1.48. The van der Waals surface area contributed by atoms with Gasteiger partial charge in [-0.05, 0) is 20.4 Å². The topological polar surface area (TPSA) is 23.5 Å². The van der Waals surface area contributed by atoms with Gasteiger partial charge >= 0.3 is 0 Å². The van der Waals surface area contributed by atoms with Crippen molar-refractivity contribution in [1.29, 1.82) is 0 Å². The van der Waals surface area contributed by atoms with Crippen LogP contribution in [0.25, 0.3) is 0 Å². The van der Waals surface area contributed by atoms with Crippen molar-refractivity contribution in [3.05, 3.63) is 0 Å². The number of aliphatic hydroxyl groups is 1. The Balaban J connectivity index is 2.64. The molecule has 2 nitrogen and oxygen atoms in total. The van der Waals surface area contributed by atoms with E-state index in [-0.39, 0.29) is 19.0 Å². The molecule has 11 heavy (non-hydrogen) atoms. The van der Waals surface area contributed by atoms with E-state index in [2.05, 4.69) is 0 Å². The highest BCUT2D eigenvalue weighted by atomic mass is 19.3. The van der Waals surface area contributed by atoms with E-state index in [0.29, 0.717) is 0 Å². The van der Waals surface area contributed by atoms with Gasteiger partial charge in [-0.15, -0.1) is 0 Å². The third-order valence-corrected chi connectivity index (χ3v) is 2.33.